The highest BCUT2D eigenvalue weighted by Gasteiger charge is 2.19. The van der Waals surface area contributed by atoms with Gasteiger partial charge in [-0.05, 0) is 0 Å². The van der Waals surface area contributed by atoms with Gasteiger partial charge in [-0.3, -0.25) is 4.57 Å². The molecule has 0 fully saturated rings. The Bertz CT molecular complexity index is 357. The quantitative estimate of drug-likeness (QED) is 0.466. The highest BCUT2D eigenvalue weighted by molar-refractivity contribution is 7.59. The van der Waals surface area contributed by atoms with Gasteiger partial charge >= 0.3 is 0 Å². The fourth-order valence-corrected chi connectivity index (χ4v) is 2.15. The van der Waals surface area contributed by atoms with Crippen LogP contribution in [0.15, 0.2) is 18.2 Å². The van der Waals surface area contributed by atoms with Crippen LogP contribution in [0, 0.1) is 0 Å². The summed E-state index contributed by atoms with van der Waals surface area (Å²) in [5.74, 6) is 4.38. The first-order chi connectivity index (χ1) is 7.18. The molecule has 0 amide bonds. The van der Waals surface area contributed by atoms with Crippen molar-refractivity contribution in [1.29, 1.82) is 0 Å². The highest BCUT2D eigenvalue weighted by Crippen LogP contribution is 2.46. The molecule has 0 radical (unpaired) electrons. The van der Waals surface area contributed by atoms with Crippen LogP contribution in [-0.4, -0.2) is 36.8 Å². The van der Waals surface area contributed by atoms with E-state index in [1.807, 2.05) is 0 Å². The van der Waals surface area contributed by atoms with Crippen LogP contribution in [0.25, 0.3) is 0 Å². The molecule has 0 bridgehead atoms. The maximum Gasteiger partial charge on any atom is 0.212 e. The average Bonchev–Trinajstić information content (AvgIpc) is 2.24. The fourth-order valence-electron chi connectivity index (χ4n) is 0.740. The van der Waals surface area contributed by atoms with E-state index < -0.39 is 7.37 Å². The second-order valence-corrected chi connectivity index (χ2v) is 5.06. The van der Waals surface area contributed by atoms with Crippen molar-refractivity contribution in [3.63, 3.8) is 0 Å². The molecule has 0 spiro atoms. The predicted octanol–water partition coefficient (Wildman–Crippen LogP) is 0.444. The minimum Gasteiger partial charge on any atom is -0.323 e. The van der Waals surface area contributed by atoms with E-state index in [1.165, 1.54) is 17.8 Å². The average molecular weight is 228 g/mol. The zero-order valence-corrected chi connectivity index (χ0v) is 8.74. The van der Waals surface area contributed by atoms with E-state index in [1.54, 1.807) is 0 Å². The Hall–Kier alpha value is -1.46. The van der Waals surface area contributed by atoms with Gasteiger partial charge in [-0.2, -0.15) is 0 Å². The molecular weight excluding hydrogens is 219 g/mol. The smallest absolute Gasteiger partial charge is 0.212 e. The summed E-state index contributed by atoms with van der Waals surface area (Å²) in [7, 11) is -3.13. The third kappa shape index (κ3) is 6.59. The van der Waals surface area contributed by atoms with Gasteiger partial charge in [-0.1, -0.05) is 0 Å². The molecule has 0 heterocycles. The summed E-state index contributed by atoms with van der Waals surface area (Å²) in [6.07, 6.45) is 2.80. The van der Waals surface area contributed by atoms with E-state index in [0.29, 0.717) is 0 Å². The Balaban J connectivity index is 4.51. The van der Waals surface area contributed by atoms with Crippen molar-refractivity contribution < 1.29 is 23.5 Å². The largest absolute Gasteiger partial charge is 0.323 e. The lowest BCUT2D eigenvalue weighted by atomic mass is 10.7. The summed E-state index contributed by atoms with van der Waals surface area (Å²) in [5, 5.41) is 0. The maximum atomic E-state index is 11.8. The minimum atomic E-state index is -3.13. The Morgan fingerprint density at radius 2 is 1.40 bits per heavy atom. The second kappa shape index (κ2) is 7.90. The van der Waals surface area contributed by atoms with E-state index in [0.717, 1.165) is 18.2 Å². The van der Waals surface area contributed by atoms with E-state index in [-0.39, 0.29) is 18.9 Å². The first-order valence-electron chi connectivity index (χ1n) is 3.99. The van der Waals surface area contributed by atoms with Crippen molar-refractivity contribution in [3.05, 3.63) is 18.2 Å². The number of rotatable bonds is 7. The van der Waals surface area contributed by atoms with Crippen LogP contribution < -0.4 is 0 Å². The van der Waals surface area contributed by atoms with Gasteiger partial charge in [-0.25, -0.2) is 14.4 Å². The van der Waals surface area contributed by atoms with Crippen LogP contribution in [0.2, 0.25) is 0 Å². The fraction of sp³-hybridized carbons (Fsp3) is 0.333. The molecule has 0 aromatic carbocycles. The Labute approximate surface area is 86.6 Å². The van der Waals surface area contributed by atoms with E-state index in [9.17, 15) is 18.9 Å². The van der Waals surface area contributed by atoms with Crippen molar-refractivity contribution >= 4 is 25.2 Å². The first kappa shape index (κ1) is 13.5. The Morgan fingerprint density at radius 3 is 1.80 bits per heavy atom. The van der Waals surface area contributed by atoms with Gasteiger partial charge in [0.25, 0.3) is 0 Å². The van der Waals surface area contributed by atoms with Crippen LogP contribution in [0.3, 0.4) is 0 Å². The monoisotopic (exact) mass is 228 g/mol. The summed E-state index contributed by atoms with van der Waals surface area (Å²) >= 11 is 0. The molecule has 0 N–H and O–H groups in total. The van der Waals surface area contributed by atoms with Gasteiger partial charge in [0.1, 0.15) is 17.8 Å². The van der Waals surface area contributed by atoms with Gasteiger partial charge in [0.05, 0.1) is 18.9 Å². The molecule has 0 aliphatic heterocycles. The molecule has 0 unspecified atom stereocenters. The van der Waals surface area contributed by atoms with E-state index in [2.05, 4.69) is 0 Å². The Kier molecular flexibility index (Phi) is 7.13. The van der Waals surface area contributed by atoms with Gasteiger partial charge in [0.2, 0.25) is 7.37 Å². The first-order valence-corrected chi connectivity index (χ1v) is 5.98. The zero-order chi connectivity index (χ0) is 11.6. The molecule has 0 saturated carbocycles. The van der Waals surface area contributed by atoms with Crippen molar-refractivity contribution in [2.45, 2.75) is 0 Å². The maximum absolute atomic E-state index is 11.8. The molecule has 80 valence electrons. The van der Waals surface area contributed by atoms with Crippen molar-refractivity contribution in [2.75, 3.05) is 18.9 Å². The lowest BCUT2D eigenvalue weighted by molar-refractivity contribution is 0.357. The van der Waals surface area contributed by atoms with E-state index >= 15 is 0 Å². The second-order valence-electron chi connectivity index (χ2n) is 2.44. The summed E-state index contributed by atoms with van der Waals surface area (Å²) in [6, 6.07) is 0. The molecule has 0 aromatic heterocycles. The van der Waals surface area contributed by atoms with Crippen LogP contribution in [-0.2, 0) is 23.5 Å². The van der Waals surface area contributed by atoms with Gasteiger partial charge in [0, 0.05) is 18.2 Å². The third-order valence-electron chi connectivity index (χ3n) is 1.38. The molecular formula is C9H9O5P. The third-order valence-corrected chi connectivity index (χ3v) is 3.48. The zero-order valence-electron chi connectivity index (χ0n) is 7.84. The molecule has 0 rings (SSSR count). The van der Waals surface area contributed by atoms with Crippen molar-refractivity contribution in [3.8, 4) is 0 Å². The van der Waals surface area contributed by atoms with Gasteiger partial charge in [-0.15, -0.1) is 0 Å². The summed E-state index contributed by atoms with van der Waals surface area (Å²) in [6.45, 7) is -0.166. The van der Waals surface area contributed by atoms with Crippen molar-refractivity contribution in [2.24, 2.45) is 0 Å². The standard InChI is InChI=1S/C9H9O5P/c10-4-1-7-14-15(13,8-2-5-11)9-3-6-12/h1-3H,7-9H2. The number of hydrogen-bond acceptors (Lipinski definition) is 5. The summed E-state index contributed by atoms with van der Waals surface area (Å²) < 4.78 is 16.7. The molecule has 0 atom stereocenters. The van der Waals surface area contributed by atoms with Crippen LogP contribution in [0.5, 0.6) is 0 Å². The molecule has 0 aromatic rings. The van der Waals surface area contributed by atoms with Gasteiger partial charge in [0.15, 0.2) is 0 Å². The lowest BCUT2D eigenvalue weighted by Gasteiger charge is -2.12. The number of hydrogen-bond donors (Lipinski definition) is 0. The molecule has 6 heteroatoms. The topological polar surface area (TPSA) is 77.5 Å². The molecule has 0 aliphatic carbocycles. The molecule has 15 heavy (non-hydrogen) atoms. The Morgan fingerprint density at radius 1 is 0.933 bits per heavy atom. The van der Waals surface area contributed by atoms with Crippen LogP contribution in [0.4, 0.5) is 0 Å². The summed E-state index contributed by atoms with van der Waals surface area (Å²) in [4.78, 5) is 29.7. The predicted molar refractivity (Wildman–Crippen MR) is 54.1 cm³/mol. The molecule has 0 aliphatic rings. The van der Waals surface area contributed by atoms with Gasteiger partial charge < -0.3 is 4.52 Å². The van der Waals surface area contributed by atoms with Crippen molar-refractivity contribution in [1.82, 2.24) is 0 Å². The lowest BCUT2D eigenvalue weighted by Crippen LogP contribution is -1.98. The van der Waals surface area contributed by atoms with Crippen LogP contribution >= 0.6 is 7.37 Å². The normalized spacial score (nSPS) is 12.5. The van der Waals surface area contributed by atoms with Crippen LogP contribution in [0.1, 0.15) is 0 Å². The summed E-state index contributed by atoms with van der Waals surface area (Å²) in [5.41, 5.74) is 0. The SMILES string of the molecule is O=C=CCOP(=O)(CC=C=O)CC=C=O. The molecule has 5 nitrogen and oxygen atoms in total. The minimum absolute atomic E-state index is 0.124. The molecule has 0 saturated heterocycles. The number of allylic oxidation sites excluding steroid dienone is 2. The van der Waals surface area contributed by atoms with E-state index in [4.69, 9.17) is 4.52 Å². The highest BCUT2D eigenvalue weighted by atomic mass is 31.2. The number of carbonyl (C=O) groups excluding carboxylic acids is 3.